The first-order chi connectivity index (χ1) is 11.2. The maximum atomic E-state index is 12.4. The van der Waals surface area contributed by atoms with Gasteiger partial charge in [0.2, 0.25) is 5.91 Å². The van der Waals surface area contributed by atoms with Crippen LogP contribution in [0.2, 0.25) is 0 Å². The first-order valence-corrected chi connectivity index (χ1v) is 7.73. The molecule has 130 valence electrons. The lowest BCUT2D eigenvalue weighted by Gasteiger charge is -2.28. The van der Waals surface area contributed by atoms with Gasteiger partial charge in [0.05, 0.1) is 31.3 Å². The molecule has 24 heavy (non-hydrogen) atoms. The number of amides is 1. The predicted molar refractivity (Wildman–Crippen MR) is 90.1 cm³/mol. The van der Waals surface area contributed by atoms with Crippen molar-refractivity contribution in [2.24, 2.45) is 0 Å². The Kier molecular flexibility index (Phi) is 5.29. The summed E-state index contributed by atoms with van der Waals surface area (Å²) in [5, 5.41) is 12.7. The largest absolute Gasteiger partial charge is 0.481 e. The minimum absolute atomic E-state index is 0.119. The van der Waals surface area contributed by atoms with Gasteiger partial charge < -0.3 is 19.6 Å². The Hall–Kier alpha value is -2.34. The average molecular weight is 333 g/mol. The third-order valence-corrected chi connectivity index (χ3v) is 4.07. The molecular weight excluding hydrogens is 310 g/mol. The quantitative estimate of drug-likeness (QED) is 0.813. The van der Waals surface area contributed by atoms with Crippen molar-refractivity contribution in [1.29, 1.82) is 0 Å². The second-order valence-electron chi connectivity index (χ2n) is 6.48. The Morgan fingerprint density at radius 1 is 1.29 bits per heavy atom. The molecule has 0 radical (unpaired) electrons. The summed E-state index contributed by atoms with van der Waals surface area (Å²) in [4.78, 5) is 23.4. The molecule has 1 atom stereocenters. The van der Waals surface area contributed by atoms with Crippen LogP contribution in [0.25, 0.3) is 11.0 Å². The molecule has 0 saturated carbocycles. The van der Waals surface area contributed by atoms with Gasteiger partial charge in [-0.25, -0.2) is 0 Å². The molecule has 2 aromatic rings. The van der Waals surface area contributed by atoms with Crippen LogP contribution in [-0.2, 0) is 20.7 Å². The number of nitrogens with one attached hydrogen (secondary N) is 1. The Morgan fingerprint density at radius 3 is 2.58 bits per heavy atom. The number of methoxy groups -OCH3 is 1. The minimum atomic E-state index is -0.991. The molecule has 0 aliphatic rings. The van der Waals surface area contributed by atoms with Gasteiger partial charge in [0.25, 0.3) is 0 Å². The maximum Gasteiger partial charge on any atom is 0.305 e. The molecule has 2 N–H and O–H groups in total. The van der Waals surface area contributed by atoms with Crippen molar-refractivity contribution in [3.63, 3.8) is 0 Å². The molecule has 1 amide bonds. The van der Waals surface area contributed by atoms with Gasteiger partial charge >= 0.3 is 5.97 Å². The van der Waals surface area contributed by atoms with Crippen LogP contribution in [-0.4, -0.2) is 36.2 Å². The molecule has 0 spiro atoms. The molecule has 1 unspecified atom stereocenters. The van der Waals surface area contributed by atoms with Crippen LogP contribution in [0.3, 0.4) is 0 Å². The number of carbonyl (C=O) groups excluding carboxylic acids is 1. The molecule has 1 aromatic heterocycles. The van der Waals surface area contributed by atoms with Crippen molar-refractivity contribution in [1.82, 2.24) is 5.32 Å². The Morgan fingerprint density at radius 2 is 1.96 bits per heavy atom. The summed E-state index contributed by atoms with van der Waals surface area (Å²) < 4.78 is 10.6. The minimum Gasteiger partial charge on any atom is -0.481 e. The predicted octanol–water partition coefficient (Wildman–Crippen LogP) is 2.59. The number of aryl methyl sites for hydroxylation is 2. The molecule has 2 rings (SSSR count). The van der Waals surface area contributed by atoms with Gasteiger partial charge in [-0.3, -0.25) is 9.59 Å². The Bertz CT molecular complexity index is 764. The van der Waals surface area contributed by atoms with Gasteiger partial charge in [-0.1, -0.05) is 0 Å². The molecule has 6 heteroatoms. The third-order valence-electron chi connectivity index (χ3n) is 4.07. The number of carboxylic acid groups (broad SMARTS) is 1. The topological polar surface area (TPSA) is 88.8 Å². The third kappa shape index (κ3) is 4.14. The van der Waals surface area contributed by atoms with Crippen LogP contribution in [0, 0.1) is 13.8 Å². The zero-order chi connectivity index (χ0) is 17.9. The number of hydrogen-bond donors (Lipinski definition) is 2. The molecule has 0 bridgehead atoms. The molecule has 1 heterocycles. The smallest absolute Gasteiger partial charge is 0.305 e. The van der Waals surface area contributed by atoms with E-state index in [1.165, 1.54) is 7.11 Å². The van der Waals surface area contributed by atoms with Crippen LogP contribution in [0.1, 0.15) is 30.0 Å². The van der Waals surface area contributed by atoms with E-state index in [2.05, 4.69) is 5.32 Å². The summed E-state index contributed by atoms with van der Waals surface area (Å²) in [6.07, 6.45) is 1.49. The number of benzene rings is 1. The van der Waals surface area contributed by atoms with E-state index >= 15 is 0 Å². The highest BCUT2D eigenvalue weighted by molar-refractivity contribution is 5.89. The number of rotatable bonds is 7. The van der Waals surface area contributed by atoms with Crippen LogP contribution in [0.15, 0.2) is 22.8 Å². The molecular formula is C18H23NO5. The highest BCUT2D eigenvalue weighted by Gasteiger charge is 2.29. The summed E-state index contributed by atoms with van der Waals surface area (Å²) in [6, 6.07) is 3.95. The van der Waals surface area contributed by atoms with Crippen molar-refractivity contribution < 1.29 is 23.8 Å². The summed E-state index contributed by atoms with van der Waals surface area (Å²) >= 11 is 0. The number of fused-ring (bicyclic) bond motifs is 1. The highest BCUT2D eigenvalue weighted by Crippen LogP contribution is 2.25. The van der Waals surface area contributed by atoms with E-state index in [1.807, 2.05) is 26.0 Å². The van der Waals surface area contributed by atoms with Gasteiger partial charge in [0, 0.05) is 18.1 Å². The van der Waals surface area contributed by atoms with Gasteiger partial charge in [0.1, 0.15) is 5.58 Å². The first-order valence-electron chi connectivity index (χ1n) is 7.73. The van der Waals surface area contributed by atoms with E-state index in [4.69, 9.17) is 14.3 Å². The zero-order valence-electron chi connectivity index (χ0n) is 14.4. The summed E-state index contributed by atoms with van der Waals surface area (Å²) in [7, 11) is 1.47. The molecule has 0 aliphatic heterocycles. The zero-order valence-corrected chi connectivity index (χ0v) is 14.4. The fraction of sp³-hybridized carbons (Fsp3) is 0.444. The van der Waals surface area contributed by atoms with E-state index in [9.17, 15) is 9.59 Å². The monoisotopic (exact) mass is 333 g/mol. The van der Waals surface area contributed by atoms with E-state index in [0.717, 1.165) is 27.7 Å². The number of furan rings is 1. The molecule has 0 saturated heterocycles. The second-order valence-corrected chi connectivity index (χ2v) is 6.48. The van der Waals surface area contributed by atoms with Gasteiger partial charge in [-0.15, -0.1) is 0 Å². The van der Waals surface area contributed by atoms with Crippen LogP contribution >= 0.6 is 0 Å². The Balaban J connectivity index is 2.17. The van der Waals surface area contributed by atoms with Crippen LogP contribution < -0.4 is 5.32 Å². The fourth-order valence-corrected chi connectivity index (χ4v) is 2.81. The lowest BCUT2D eigenvalue weighted by Crippen LogP contribution is -2.51. The maximum absolute atomic E-state index is 12.4. The van der Waals surface area contributed by atoms with E-state index in [-0.39, 0.29) is 25.4 Å². The van der Waals surface area contributed by atoms with Crippen molar-refractivity contribution in [3.05, 3.63) is 35.1 Å². The highest BCUT2D eigenvalue weighted by atomic mass is 16.5. The van der Waals surface area contributed by atoms with Crippen molar-refractivity contribution in [2.45, 2.75) is 39.2 Å². The summed E-state index contributed by atoms with van der Waals surface area (Å²) in [6.45, 7) is 5.79. The van der Waals surface area contributed by atoms with Gasteiger partial charge in [-0.05, 0) is 44.0 Å². The fourth-order valence-electron chi connectivity index (χ4n) is 2.81. The van der Waals surface area contributed by atoms with Crippen molar-refractivity contribution in [3.8, 4) is 0 Å². The Labute approximate surface area is 140 Å². The molecule has 1 aromatic carbocycles. The number of carbonyl (C=O) groups is 2. The summed E-state index contributed by atoms with van der Waals surface area (Å²) in [5.74, 6) is -1.26. The van der Waals surface area contributed by atoms with Gasteiger partial charge in [0.15, 0.2) is 0 Å². The van der Waals surface area contributed by atoms with Crippen LogP contribution in [0.4, 0.5) is 0 Å². The van der Waals surface area contributed by atoms with Crippen LogP contribution in [0.5, 0.6) is 0 Å². The molecule has 6 nitrogen and oxygen atoms in total. The number of carboxylic acids is 1. The van der Waals surface area contributed by atoms with Crippen molar-refractivity contribution in [2.75, 3.05) is 13.7 Å². The van der Waals surface area contributed by atoms with Gasteiger partial charge in [-0.2, -0.15) is 0 Å². The standard InChI is InChI=1S/C18H23NO5/c1-11-5-14-13(9-24-15(14)6-12(11)2)7-16(20)19-18(3,10-23-4)8-17(21)22/h5-6,9H,7-8,10H2,1-4H3,(H,19,20)(H,21,22). The number of hydrogen-bond acceptors (Lipinski definition) is 4. The lowest BCUT2D eigenvalue weighted by atomic mass is 9.98. The van der Waals surface area contributed by atoms with E-state index < -0.39 is 11.5 Å². The van der Waals surface area contributed by atoms with E-state index in [0.29, 0.717) is 0 Å². The molecule has 0 fully saturated rings. The second kappa shape index (κ2) is 7.05. The number of ether oxygens (including phenoxy) is 1. The SMILES string of the molecule is COCC(C)(CC(=O)O)NC(=O)Cc1coc2cc(C)c(C)cc12. The normalized spacial score (nSPS) is 13.7. The van der Waals surface area contributed by atoms with Crippen molar-refractivity contribution >= 4 is 22.8 Å². The van der Waals surface area contributed by atoms with E-state index in [1.54, 1.807) is 13.2 Å². The lowest BCUT2D eigenvalue weighted by molar-refractivity contribution is -0.139. The molecule has 0 aliphatic carbocycles. The average Bonchev–Trinajstić information content (AvgIpc) is 2.80. The first kappa shape index (κ1) is 18.0. The summed E-state index contributed by atoms with van der Waals surface area (Å²) in [5.41, 5.74) is 2.82. The number of aliphatic carboxylic acids is 1.